The first kappa shape index (κ1) is 31.1. The average molecular weight is 627 g/mol. The average Bonchev–Trinajstić information content (AvgIpc) is 3.32. The summed E-state index contributed by atoms with van der Waals surface area (Å²) in [6, 6.07) is 8.65. The molecule has 4 aromatic rings. The van der Waals surface area contributed by atoms with E-state index >= 15 is 0 Å². The molecular weight excluding hydrogens is 600 g/mol. The molecule has 7 N–H and O–H groups in total. The van der Waals surface area contributed by atoms with Crippen LogP contribution in [0.3, 0.4) is 0 Å². The minimum Gasteiger partial charge on any atom is -0.489 e. The fraction of sp³-hybridized carbons (Fsp3) is 0.233. The number of aryl methyl sites for hydroxylation is 1. The Morgan fingerprint density at radius 1 is 1.09 bits per heavy atom. The van der Waals surface area contributed by atoms with Gasteiger partial charge in [-0.25, -0.2) is 14.2 Å². The number of pyridine rings is 2. The van der Waals surface area contributed by atoms with Crippen LogP contribution in [-0.4, -0.2) is 52.2 Å². The van der Waals surface area contributed by atoms with Gasteiger partial charge in [-0.05, 0) is 67.9 Å². The Labute approximate surface area is 252 Å². The van der Waals surface area contributed by atoms with Crippen LogP contribution in [0.25, 0.3) is 22.2 Å². The van der Waals surface area contributed by atoms with E-state index in [4.69, 9.17) is 16.2 Å². The van der Waals surface area contributed by atoms with Crippen LogP contribution in [0.1, 0.15) is 34.1 Å². The molecule has 4 amide bonds. The van der Waals surface area contributed by atoms with Crippen molar-refractivity contribution in [1.29, 1.82) is 0 Å². The quantitative estimate of drug-likeness (QED) is 0.194. The van der Waals surface area contributed by atoms with Gasteiger partial charge in [0.2, 0.25) is 11.5 Å². The molecule has 0 aliphatic carbocycles. The number of anilines is 1. The Morgan fingerprint density at radius 3 is 2.40 bits per heavy atom. The van der Waals surface area contributed by atoms with Crippen molar-refractivity contribution in [2.45, 2.75) is 31.0 Å². The highest BCUT2D eigenvalue weighted by Gasteiger charge is 2.57. The van der Waals surface area contributed by atoms with Crippen molar-refractivity contribution < 1.29 is 41.8 Å². The third-order valence-electron chi connectivity index (χ3n) is 7.57. The highest BCUT2D eigenvalue weighted by molar-refractivity contribution is 6.05. The lowest BCUT2D eigenvalue weighted by molar-refractivity contribution is -0.265. The van der Waals surface area contributed by atoms with Crippen molar-refractivity contribution in [3.63, 3.8) is 0 Å². The zero-order valence-electron chi connectivity index (χ0n) is 23.8. The molecule has 2 aromatic carbocycles. The molecule has 0 bridgehead atoms. The monoisotopic (exact) mass is 626 g/mol. The molecule has 0 unspecified atom stereocenters. The number of carbonyl (C=O) groups is 3. The number of alkyl halides is 3. The molecule has 0 saturated carbocycles. The maximum Gasteiger partial charge on any atom is 0.424 e. The van der Waals surface area contributed by atoms with Crippen LogP contribution in [0.5, 0.6) is 5.75 Å². The Hall–Kier alpha value is -5.31. The van der Waals surface area contributed by atoms with Crippen LogP contribution in [0, 0.1) is 12.7 Å². The zero-order valence-corrected chi connectivity index (χ0v) is 23.8. The van der Waals surface area contributed by atoms with Crippen LogP contribution in [0.4, 0.5) is 28.0 Å². The van der Waals surface area contributed by atoms with E-state index in [1.54, 1.807) is 13.0 Å². The number of primary amides is 2. The van der Waals surface area contributed by atoms with E-state index in [1.807, 2.05) is 0 Å². The molecule has 1 aliphatic heterocycles. The maximum absolute atomic E-state index is 14.7. The number of amides is 4. The van der Waals surface area contributed by atoms with Crippen LogP contribution >= 0.6 is 0 Å². The largest absolute Gasteiger partial charge is 0.489 e. The van der Waals surface area contributed by atoms with Gasteiger partial charge in [-0.3, -0.25) is 14.6 Å². The number of rotatable bonds is 7. The highest BCUT2D eigenvalue weighted by Crippen LogP contribution is 2.47. The number of nitrogens with two attached hydrogens (primary N) is 2. The number of nitrogens with zero attached hydrogens (tertiary/aromatic N) is 2. The lowest BCUT2D eigenvalue weighted by atomic mass is 9.81. The van der Waals surface area contributed by atoms with Crippen molar-refractivity contribution in [2.24, 2.45) is 11.5 Å². The molecule has 5 rings (SSSR count). The molecule has 0 radical (unpaired) electrons. The molecule has 3 heterocycles. The Balaban J connectivity index is 1.59. The van der Waals surface area contributed by atoms with E-state index in [2.05, 4.69) is 20.6 Å². The molecule has 234 valence electrons. The lowest BCUT2D eigenvalue weighted by Gasteiger charge is -2.31. The van der Waals surface area contributed by atoms with Gasteiger partial charge in [-0.15, -0.1) is 0 Å². The zero-order chi connectivity index (χ0) is 32.9. The van der Waals surface area contributed by atoms with Gasteiger partial charge >= 0.3 is 12.2 Å². The molecule has 45 heavy (non-hydrogen) atoms. The van der Waals surface area contributed by atoms with Crippen molar-refractivity contribution >= 4 is 34.4 Å². The second-order valence-corrected chi connectivity index (χ2v) is 10.9. The SMILES string of the molecule is Cc1cnc2c(NC(N)=O)cc(C(=O)NC[C@](O)(c3cc4c(c(-c5ccc(F)cc5)n3)OC[C@]4(C)C(N)=O)C(F)(F)F)cc2c1. The summed E-state index contributed by atoms with van der Waals surface area (Å²) in [7, 11) is 0. The summed E-state index contributed by atoms with van der Waals surface area (Å²) in [5.74, 6) is -2.64. The first-order valence-corrected chi connectivity index (χ1v) is 13.3. The molecule has 2 atom stereocenters. The second-order valence-electron chi connectivity index (χ2n) is 10.9. The Morgan fingerprint density at radius 2 is 1.78 bits per heavy atom. The van der Waals surface area contributed by atoms with Gasteiger partial charge in [-0.2, -0.15) is 13.2 Å². The van der Waals surface area contributed by atoms with E-state index < -0.39 is 53.1 Å². The van der Waals surface area contributed by atoms with Gasteiger partial charge in [0.25, 0.3) is 5.91 Å². The van der Waals surface area contributed by atoms with Crippen molar-refractivity contribution in [1.82, 2.24) is 15.3 Å². The van der Waals surface area contributed by atoms with Gasteiger partial charge in [0.05, 0.1) is 23.4 Å². The summed E-state index contributed by atoms with van der Waals surface area (Å²) in [5, 5.41) is 16.1. The standard InChI is InChI=1S/C30H26F4N6O5/c1-14-7-16-8-17(9-20(39-27(36)43)22(16)37-11-14)25(41)38-12-29(44,30(32,33)34)21-10-19-24(45-13-28(19,2)26(35)42)23(40-21)15-3-5-18(31)6-4-15/h3-11,44H,12-13H2,1-2H3,(H2,35,42)(H,38,41)(H3,36,39,43)/t28-,29-/m0/s1. The van der Waals surface area contributed by atoms with Gasteiger partial charge in [0.15, 0.2) is 0 Å². The smallest absolute Gasteiger partial charge is 0.424 e. The summed E-state index contributed by atoms with van der Waals surface area (Å²) in [5.41, 5.74) is 5.14. The summed E-state index contributed by atoms with van der Waals surface area (Å²) in [6.07, 6.45) is -3.90. The molecule has 15 heteroatoms. The molecule has 0 spiro atoms. The lowest BCUT2D eigenvalue weighted by Crippen LogP contribution is -2.51. The van der Waals surface area contributed by atoms with Crippen molar-refractivity contribution in [3.8, 4) is 17.0 Å². The molecular formula is C30H26F4N6O5. The van der Waals surface area contributed by atoms with Gasteiger partial charge < -0.3 is 31.9 Å². The van der Waals surface area contributed by atoms with Gasteiger partial charge in [0, 0.05) is 28.3 Å². The number of fused-ring (bicyclic) bond motifs is 2. The molecule has 2 aromatic heterocycles. The third-order valence-corrected chi connectivity index (χ3v) is 7.57. The summed E-state index contributed by atoms with van der Waals surface area (Å²) >= 11 is 0. The van der Waals surface area contributed by atoms with Gasteiger partial charge in [0.1, 0.15) is 29.3 Å². The number of benzene rings is 2. The normalized spacial score (nSPS) is 17.2. The van der Waals surface area contributed by atoms with Crippen molar-refractivity contribution in [3.05, 3.63) is 82.9 Å². The maximum atomic E-state index is 14.7. The van der Waals surface area contributed by atoms with Crippen LogP contribution < -0.4 is 26.8 Å². The molecule has 11 nitrogen and oxygen atoms in total. The topological polar surface area (TPSA) is 183 Å². The van der Waals surface area contributed by atoms with E-state index in [-0.39, 0.29) is 45.9 Å². The van der Waals surface area contributed by atoms with E-state index in [0.717, 1.165) is 18.2 Å². The van der Waals surface area contributed by atoms with E-state index in [9.17, 15) is 37.1 Å². The first-order chi connectivity index (χ1) is 21.0. The fourth-order valence-electron chi connectivity index (χ4n) is 4.97. The predicted octanol–water partition coefficient (Wildman–Crippen LogP) is 3.55. The highest BCUT2D eigenvalue weighted by atomic mass is 19.4. The minimum atomic E-state index is -5.41. The van der Waals surface area contributed by atoms with Crippen molar-refractivity contribution in [2.75, 3.05) is 18.5 Å². The third kappa shape index (κ3) is 5.57. The van der Waals surface area contributed by atoms with Gasteiger partial charge in [-0.1, -0.05) is 0 Å². The molecule has 1 aliphatic rings. The molecule has 0 saturated heterocycles. The van der Waals surface area contributed by atoms with E-state index in [0.29, 0.717) is 10.9 Å². The number of aromatic nitrogens is 2. The number of nitrogens with one attached hydrogen (secondary N) is 2. The fourth-order valence-corrected chi connectivity index (χ4v) is 4.97. The summed E-state index contributed by atoms with van der Waals surface area (Å²) in [4.78, 5) is 45.5. The minimum absolute atomic E-state index is 0.0335. The number of hydrogen-bond donors (Lipinski definition) is 5. The number of aliphatic hydroxyl groups is 1. The van der Waals surface area contributed by atoms with Crippen LogP contribution in [0.15, 0.2) is 54.7 Å². The predicted molar refractivity (Wildman–Crippen MR) is 154 cm³/mol. The summed E-state index contributed by atoms with van der Waals surface area (Å²) in [6.45, 7) is 1.35. The number of ether oxygens (including phenoxy) is 1. The Bertz CT molecular complexity index is 1870. The molecule has 0 fully saturated rings. The number of halogens is 4. The second kappa shape index (κ2) is 11.0. The van der Waals surface area contributed by atoms with Crippen LogP contribution in [-0.2, 0) is 15.8 Å². The van der Waals surface area contributed by atoms with E-state index in [1.165, 1.54) is 37.4 Å². The summed E-state index contributed by atoms with van der Waals surface area (Å²) < 4.78 is 63.4. The number of urea groups is 1. The first-order valence-electron chi connectivity index (χ1n) is 13.3. The number of hydrogen-bond acceptors (Lipinski definition) is 7. The van der Waals surface area contributed by atoms with Crippen LogP contribution in [0.2, 0.25) is 0 Å². The Kier molecular flexibility index (Phi) is 7.61. The number of carbonyl (C=O) groups excluding carboxylic acids is 3.